The van der Waals surface area contributed by atoms with Crippen molar-refractivity contribution in [3.63, 3.8) is 0 Å². The minimum atomic E-state index is -3.11. The molecule has 1 fully saturated rings. The van der Waals surface area contributed by atoms with Gasteiger partial charge in [0.25, 0.3) is 0 Å². The zero-order valence-corrected chi connectivity index (χ0v) is 15.6. The summed E-state index contributed by atoms with van der Waals surface area (Å²) >= 11 is 0. The Labute approximate surface area is 136 Å². The highest BCUT2D eigenvalue weighted by Gasteiger charge is 2.28. The van der Waals surface area contributed by atoms with Crippen LogP contribution in [0.4, 0.5) is 0 Å². The van der Waals surface area contributed by atoms with E-state index in [1.165, 1.54) is 12.8 Å². The van der Waals surface area contributed by atoms with Crippen molar-refractivity contribution in [1.29, 1.82) is 0 Å². The summed E-state index contributed by atoms with van der Waals surface area (Å²) < 4.78 is 23.5. The average Bonchev–Trinajstić information content (AvgIpc) is 2.37. The number of hydrogen-bond acceptors (Lipinski definition) is 3. The van der Waals surface area contributed by atoms with Gasteiger partial charge in [0.15, 0.2) is 15.8 Å². The molecule has 6 heteroatoms. The van der Waals surface area contributed by atoms with Gasteiger partial charge >= 0.3 is 0 Å². The largest absolute Gasteiger partial charge is 0.357 e. The minimum absolute atomic E-state index is 0.0914. The van der Waals surface area contributed by atoms with Gasteiger partial charge in [-0.05, 0) is 46.5 Å². The van der Waals surface area contributed by atoms with Crippen molar-refractivity contribution in [3.8, 4) is 0 Å². The van der Waals surface area contributed by atoms with Gasteiger partial charge in [-0.15, -0.1) is 0 Å². The third-order valence-electron chi connectivity index (χ3n) is 4.18. The molecule has 0 heterocycles. The molecule has 0 radical (unpaired) electrons. The van der Waals surface area contributed by atoms with Gasteiger partial charge in [-0.3, -0.25) is 4.99 Å². The second kappa shape index (κ2) is 8.18. The molecule has 130 valence electrons. The Morgan fingerprint density at radius 3 is 2.50 bits per heavy atom. The highest BCUT2D eigenvalue weighted by Crippen LogP contribution is 2.23. The van der Waals surface area contributed by atoms with E-state index in [0.29, 0.717) is 12.6 Å². The first-order valence-corrected chi connectivity index (χ1v) is 10.1. The Bertz CT molecular complexity index is 466. The molecule has 22 heavy (non-hydrogen) atoms. The lowest BCUT2D eigenvalue weighted by Gasteiger charge is -2.29. The van der Waals surface area contributed by atoms with Crippen LogP contribution in [-0.4, -0.2) is 44.0 Å². The van der Waals surface area contributed by atoms with Crippen LogP contribution in [0.25, 0.3) is 0 Å². The molecule has 2 unspecified atom stereocenters. The monoisotopic (exact) mass is 331 g/mol. The van der Waals surface area contributed by atoms with Crippen LogP contribution < -0.4 is 10.6 Å². The van der Waals surface area contributed by atoms with Gasteiger partial charge in [-0.25, -0.2) is 8.42 Å². The molecule has 1 saturated carbocycles. The summed E-state index contributed by atoms with van der Waals surface area (Å²) in [7, 11) is -3.11. The SMILES string of the molecule is CCNC(=NCCS(=O)(=O)C(C)(C)C)NC1CCCC(C)C1. The van der Waals surface area contributed by atoms with Gasteiger partial charge in [0, 0.05) is 12.6 Å². The van der Waals surface area contributed by atoms with Crippen molar-refractivity contribution in [2.75, 3.05) is 18.8 Å². The van der Waals surface area contributed by atoms with Gasteiger partial charge in [0.2, 0.25) is 0 Å². The van der Waals surface area contributed by atoms with E-state index in [0.717, 1.165) is 31.3 Å². The third-order valence-corrected chi connectivity index (χ3v) is 6.77. The van der Waals surface area contributed by atoms with E-state index in [1.54, 1.807) is 20.8 Å². The molecule has 0 aromatic carbocycles. The maximum absolute atomic E-state index is 12.1. The number of nitrogens with one attached hydrogen (secondary N) is 2. The summed E-state index contributed by atoms with van der Waals surface area (Å²) in [6, 6.07) is 0.445. The molecule has 0 amide bonds. The molecular weight excluding hydrogens is 298 g/mol. The smallest absolute Gasteiger partial charge is 0.191 e. The van der Waals surface area contributed by atoms with E-state index in [-0.39, 0.29) is 5.75 Å². The summed E-state index contributed by atoms with van der Waals surface area (Å²) in [4.78, 5) is 4.45. The fourth-order valence-corrected chi connectivity index (χ4v) is 3.61. The van der Waals surface area contributed by atoms with Crippen LogP contribution in [-0.2, 0) is 9.84 Å². The maximum Gasteiger partial charge on any atom is 0.191 e. The predicted octanol–water partition coefficient (Wildman–Crippen LogP) is 2.33. The summed E-state index contributed by atoms with van der Waals surface area (Å²) in [6.07, 6.45) is 4.87. The first kappa shape index (κ1) is 19.3. The third kappa shape index (κ3) is 6.15. The lowest BCUT2D eigenvalue weighted by atomic mass is 9.87. The number of rotatable bonds is 5. The van der Waals surface area contributed by atoms with Crippen molar-refractivity contribution in [1.82, 2.24) is 10.6 Å². The van der Waals surface area contributed by atoms with E-state index in [9.17, 15) is 8.42 Å². The second-order valence-corrected chi connectivity index (χ2v) is 10.2. The van der Waals surface area contributed by atoms with Crippen molar-refractivity contribution >= 4 is 15.8 Å². The van der Waals surface area contributed by atoms with Crippen LogP contribution in [0.3, 0.4) is 0 Å². The first-order valence-electron chi connectivity index (χ1n) is 8.43. The average molecular weight is 332 g/mol. The molecule has 2 N–H and O–H groups in total. The highest BCUT2D eigenvalue weighted by molar-refractivity contribution is 7.92. The Kier molecular flexibility index (Phi) is 7.16. The minimum Gasteiger partial charge on any atom is -0.357 e. The van der Waals surface area contributed by atoms with Gasteiger partial charge in [0.1, 0.15) is 0 Å². The van der Waals surface area contributed by atoms with Crippen LogP contribution in [0.1, 0.15) is 60.3 Å². The van der Waals surface area contributed by atoms with E-state index < -0.39 is 14.6 Å². The fraction of sp³-hybridized carbons (Fsp3) is 0.938. The molecule has 0 bridgehead atoms. The second-order valence-electron chi connectivity index (χ2n) is 7.30. The molecule has 1 rings (SSSR count). The summed E-state index contributed by atoms with van der Waals surface area (Å²) in [6.45, 7) is 10.6. The standard InChI is InChI=1S/C16H33N3O2S/c1-6-17-15(19-14-9-7-8-13(2)12-14)18-10-11-22(20,21)16(3,4)5/h13-14H,6-12H2,1-5H3,(H2,17,18,19). The van der Waals surface area contributed by atoms with Gasteiger partial charge < -0.3 is 10.6 Å². The molecule has 0 saturated heterocycles. The highest BCUT2D eigenvalue weighted by atomic mass is 32.2. The van der Waals surface area contributed by atoms with Crippen molar-refractivity contribution in [2.45, 2.75) is 71.1 Å². The summed E-state index contributed by atoms with van der Waals surface area (Å²) in [5.74, 6) is 1.58. The Morgan fingerprint density at radius 1 is 1.27 bits per heavy atom. The Balaban J connectivity index is 2.59. The van der Waals surface area contributed by atoms with Crippen LogP contribution in [0.15, 0.2) is 4.99 Å². The molecule has 5 nitrogen and oxygen atoms in total. The fourth-order valence-electron chi connectivity index (χ4n) is 2.66. The van der Waals surface area contributed by atoms with E-state index in [2.05, 4.69) is 22.5 Å². The number of nitrogens with zero attached hydrogens (tertiary/aromatic N) is 1. The van der Waals surface area contributed by atoms with Crippen LogP contribution in [0.2, 0.25) is 0 Å². The van der Waals surface area contributed by atoms with E-state index in [1.807, 2.05) is 6.92 Å². The number of guanidine groups is 1. The number of sulfone groups is 1. The quantitative estimate of drug-likeness (QED) is 0.599. The van der Waals surface area contributed by atoms with E-state index in [4.69, 9.17) is 0 Å². The first-order chi connectivity index (χ1) is 10.2. The molecule has 2 atom stereocenters. The topological polar surface area (TPSA) is 70.6 Å². The molecule has 1 aliphatic carbocycles. The lowest BCUT2D eigenvalue weighted by molar-refractivity contribution is 0.324. The molecule has 0 aromatic heterocycles. The van der Waals surface area contributed by atoms with Crippen LogP contribution >= 0.6 is 0 Å². The molecular formula is C16H33N3O2S. The van der Waals surface area contributed by atoms with E-state index >= 15 is 0 Å². The van der Waals surface area contributed by atoms with Gasteiger partial charge in [-0.1, -0.05) is 19.8 Å². The van der Waals surface area contributed by atoms with Crippen LogP contribution in [0, 0.1) is 5.92 Å². The Morgan fingerprint density at radius 2 is 1.95 bits per heavy atom. The molecule has 0 aliphatic heterocycles. The van der Waals surface area contributed by atoms with Crippen molar-refractivity contribution in [3.05, 3.63) is 0 Å². The molecule has 0 aromatic rings. The molecule has 0 spiro atoms. The molecule has 1 aliphatic rings. The number of hydrogen-bond donors (Lipinski definition) is 2. The van der Waals surface area contributed by atoms with Gasteiger partial charge in [-0.2, -0.15) is 0 Å². The maximum atomic E-state index is 12.1. The summed E-state index contributed by atoms with van der Waals surface area (Å²) in [5.41, 5.74) is 0. The van der Waals surface area contributed by atoms with Crippen LogP contribution in [0.5, 0.6) is 0 Å². The summed E-state index contributed by atoms with van der Waals surface area (Å²) in [5, 5.41) is 6.67. The predicted molar refractivity (Wildman–Crippen MR) is 94.1 cm³/mol. The lowest BCUT2D eigenvalue weighted by Crippen LogP contribution is -2.45. The van der Waals surface area contributed by atoms with Crippen molar-refractivity contribution < 1.29 is 8.42 Å². The van der Waals surface area contributed by atoms with Gasteiger partial charge in [0.05, 0.1) is 17.0 Å². The zero-order valence-electron chi connectivity index (χ0n) is 14.8. The zero-order chi connectivity index (χ0) is 16.8. The normalized spacial score (nSPS) is 24.1. The Hall–Kier alpha value is -0.780. The van der Waals surface area contributed by atoms with Crippen molar-refractivity contribution in [2.24, 2.45) is 10.9 Å². The number of aliphatic imine (C=N–C) groups is 1.